The second-order valence-corrected chi connectivity index (χ2v) is 6.42. The zero-order valence-corrected chi connectivity index (χ0v) is 14.5. The third kappa shape index (κ3) is 2.91. The van der Waals surface area contributed by atoms with E-state index in [0.717, 1.165) is 23.6 Å². The molecule has 0 unspecified atom stereocenters. The zero-order chi connectivity index (χ0) is 18.3. The summed E-state index contributed by atoms with van der Waals surface area (Å²) in [5.74, 6) is 0.962. The second-order valence-electron chi connectivity index (χ2n) is 6.42. The first-order valence-corrected chi connectivity index (χ1v) is 8.37. The number of pyridine rings is 1. The fraction of sp³-hybridized carbons (Fsp3) is 0.333. The van der Waals surface area contributed by atoms with Crippen LogP contribution in [0.3, 0.4) is 0 Å². The molecule has 0 aliphatic carbocycles. The molecule has 26 heavy (non-hydrogen) atoms. The van der Waals surface area contributed by atoms with Crippen molar-refractivity contribution >= 4 is 11.6 Å². The number of anilines is 1. The molecule has 0 saturated carbocycles. The minimum absolute atomic E-state index is 0.101. The molecule has 4 rings (SSSR count). The van der Waals surface area contributed by atoms with Gasteiger partial charge in [-0.15, -0.1) is 0 Å². The van der Waals surface area contributed by atoms with E-state index in [1.807, 2.05) is 32.0 Å². The number of aryl methyl sites for hydroxylation is 1. The first-order chi connectivity index (χ1) is 12.5. The number of nitrogens with zero attached hydrogens (tertiary/aromatic N) is 6. The number of hydrogen-bond donors (Lipinski definition) is 0. The van der Waals surface area contributed by atoms with Gasteiger partial charge in [0.15, 0.2) is 0 Å². The lowest BCUT2D eigenvalue weighted by atomic mass is 9.92. The monoisotopic (exact) mass is 356 g/mol. The molecule has 1 aliphatic heterocycles. The molecule has 0 aromatic carbocycles. The van der Waals surface area contributed by atoms with Crippen LogP contribution in [0.25, 0.3) is 5.78 Å². The fourth-order valence-electron chi connectivity index (χ4n) is 3.27. The highest BCUT2D eigenvalue weighted by Crippen LogP contribution is 2.32. The predicted molar refractivity (Wildman–Crippen MR) is 93.4 cm³/mol. The van der Waals surface area contributed by atoms with Crippen molar-refractivity contribution in [2.75, 3.05) is 18.0 Å². The standard InChI is InChI=1S/C18H18F2N6/c1-11-6-7-25(16-5-3-4-12(2)23-16)9-13(11)15-8-14(17(19)20)24-18-21-10-22-26(15)18/h3-6,8,10,13,17H,7,9H2,1-2H3/t13-/m1/s1. The highest BCUT2D eigenvalue weighted by molar-refractivity contribution is 5.45. The van der Waals surface area contributed by atoms with Crippen LogP contribution in [-0.4, -0.2) is 37.7 Å². The molecule has 1 aliphatic rings. The molecule has 0 fully saturated rings. The van der Waals surface area contributed by atoms with Crippen LogP contribution in [0.15, 0.2) is 42.2 Å². The van der Waals surface area contributed by atoms with Gasteiger partial charge in [-0.05, 0) is 32.0 Å². The van der Waals surface area contributed by atoms with Crippen molar-refractivity contribution in [1.82, 2.24) is 24.6 Å². The molecule has 1 atom stereocenters. The third-order valence-electron chi connectivity index (χ3n) is 4.66. The van der Waals surface area contributed by atoms with E-state index >= 15 is 0 Å². The highest BCUT2D eigenvalue weighted by atomic mass is 19.3. The number of rotatable bonds is 3. The van der Waals surface area contributed by atoms with Crippen molar-refractivity contribution in [3.63, 3.8) is 0 Å². The molecule has 0 spiro atoms. The van der Waals surface area contributed by atoms with Gasteiger partial charge in [0.2, 0.25) is 0 Å². The maximum atomic E-state index is 13.3. The molecule has 6 nitrogen and oxygen atoms in total. The van der Waals surface area contributed by atoms with Gasteiger partial charge in [-0.25, -0.2) is 23.3 Å². The van der Waals surface area contributed by atoms with Gasteiger partial charge in [-0.3, -0.25) is 0 Å². The van der Waals surface area contributed by atoms with Crippen molar-refractivity contribution in [3.05, 3.63) is 59.3 Å². The van der Waals surface area contributed by atoms with Crippen molar-refractivity contribution in [3.8, 4) is 0 Å². The van der Waals surface area contributed by atoms with Gasteiger partial charge in [0.1, 0.15) is 17.8 Å². The number of hydrogen-bond acceptors (Lipinski definition) is 5. The second kappa shape index (κ2) is 6.44. The molecule has 134 valence electrons. The quantitative estimate of drug-likeness (QED) is 0.674. The molecule has 0 amide bonds. The van der Waals surface area contributed by atoms with Crippen LogP contribution in [0.4, 0.5) is 14.6 Å². The average molecular weight is 356 g/mol. The Morgan fingerprint density at radius 3 is 2.81 bits per heavy atom. The Hall–Kier alpha value is -2.90. The molecule has 3 aromatic rings. The Bertz CT molecular complexity index is 981. The summed E-state index contributed by atoms with van der Waals surface area (Å²) in [4.78, 5) is 14.6. The maximum Gasteiger partial charge on any atom is 0.280 e. The third-order valence-corrected chi connectivity index (χ3v) is 4.66. The molecule has 4 heterocycles. The SMILES string of the molecule is CC1=CCN(c2cccc(C)n2)C[C@H]1c1cc(C(F)F)nc2ncnn12. The molecule has 8 heteroatoms. The summed E-state index contributed by atoms with van der Waals surface area (Å²) in [5.41, 5.74) is 2.43. The highest BCUT2D eigenvalue weighted by Gasteiger charge is 2.27. The van der Waals surface area contributed by atoms with Crippen LogP contribution in [0.2, 0.25) is 0 Å². The topological polar surface area (TPSA) is 59.2 Å². The molecule has 0 bridgehead atoms. The zero-order valence-electron chi connectivity index (χ0n) is 14.5. The lowest BCUT2D eigenvalue weighted by Crippen LogP contribution is -2.34. The average Bonchev–Trinajstić information content (AvgIpc) is 3.10. The van der Waals surface area contributed by atoms with E-state index < -0.39 is 6.43 Å². The van der Waals surface area contributed by atoms with Crippen molar-refractivity contribution < 1.29 is 8.78 Å². The van der Waals surface area contributed by atoms with Gasteiger partial charge in [0.25, 0.3) is 12.2 Å². The lowest BCUT2D eigenvalue weighted by Gasteiger charge is -2.33. The van der Waals surface area contributed by atoms with Crippen molar-refractivity contribution in [2.24, 2.45) is 0 Å². The number of halogens is 2. The number of alkyl halides is 2. The molecular weight excluding hydrogens is 338 g/mol. The van der Waals surface area contributed by atoms with Gasteiger partial charge >= 0.3 is 0 Å². The van der Waals surface area contributed by atoms with Crippen LogP contribution in [-0.2, 0) is 0 Å². The minimum Gasteiger partial charge on any atom is -0.352 e. The van der Waals surface area contributed by atoms with Gasteiger partial charge < -0.3 is 4.90 Å². The smallest absolute Gasteiger partial charge is 0.280 e. The molecule has 0 radical (unpaired) electrons. The van der Waals surface area contributed by atoms with Gasteiger partial charge in [-0.2, -0.15) is 10.1 Å². The Balaban J connectivity index is 1.77. The van der Waals surface area contributed by atoms with Crippen LogP contribution in [0.1, 0.15) is 36.3 Å². The molecule has 0 saturated heterocycles. The van der Waals surface area contributed by atoms with E-state index in [1.54, 1.807) is 4.52 Å². The van der Waals surface area contributed by atoms with E-state index in [1.165, 1.54) is 12.4 Å². The first kappa shape index (κ1) is 16.6. The van der Waals surface area contributed by atoms with Crippen LogP contribution >= 0.6 is 0 Å². The first-order valence-electron chi connectivity index (χ1n) is 8.37. The Morgan fingerprint density at radius 2 is 2.04 bits per heavy atom. The van der Waals surface area contributed by atoms with E-state index in [9.17, 15) is 8.78 Å². The predicted octanol–water partition coefficient (Wildman–Crippen LogP) is 3.32. The summed E-state index contributed by atoms with van der Waals surface area (Å²) < 4.78 is 28.1. The maximum absolute atomic E-state index is 13.3. The van der Waals surface area contributed by atoms with Crippen LogP contribution in [0, 0.1) is 6.92 Å². The van der Waals surface area contributed by atoms with Crippen molar-refractivity contribution in [1.29, 1.82) is 0 Å². The molecule has 3 aromatic heterocycles. The van der Waals surface area contributed by atoms with Gasteiger partial charge in [0.05, 0.1) is 5.69 Å². The molecule has 0 N–H and O–H groups in total. The van der Waals surface area contributed by atoms with E-state index in [2.05, 4.69) is 31.0 Å². The number of fused-ring (bicyclic) bond motifs is 1. The van der Waals surface area contributed by atoms with Gasteiger partial charge in [0, 0.05) is 24.7 Å². The van der Waals surface area contributed by atoms with E-state index in [0.29, 0.717) is 12.2 Å². The van der Waals surface area contributed by atoms with Crippen LogP contribution in [0.5, 0.6) is 0 Å². The normalized spacial score (nSPS) is 17.8. The summed E-state index contributed by atoms with van der Waals surface area (Å²) in [7, 11) is 0. The summed E-state index contributed by atoms with van der Waals surface area (Å²) >= 11 is 0. The summed E-state index contributed by atoms with van der Waals surface area (Å²) in [6.07, 6.45) is 0.782. The van der Waals surface area contributed by atoms with E-state index in [4.69, 9.17) is 0 Å². The molecular formula is C18H18F2N6. The minimum atomic E-state index is -2.65. The Kier molecular flexibility index (Phi) is 4.10. The Morgan fingerprint density at radius 1 is 1.19 bits per heavy atom. The summed E-state index contributed by atoms with van der Waals surface area (Å²) in [5, 5.41) is 4.18. The van der Waals surface area contributed by atoms with Crippen LogP contribution < -0.4 is 4.90 Å². The van der Waals surface area contributed by atoms with Crippen molar-refractivity contribution in [2.45, 2.75) is 26.2 Å². The summed E-state index contributed by atoms with van der Waals surface area (Å²) in [6, 6.07) is 7.31. The lowest BCUT2D eigenvalue weighted by molar-refractivity contribution is 0.146. The van der Waals surface area contributed by atoms with E-state index in [-0.39, 0.29) is 17.4 Å². The number of aromatic nitrogens is 5. The summed E-state index contributed by atoms with van der Waals surface area (Å²) in [6.45, 7) is 5.31. The fourth-order valence-corrected chi connectivity index (χ4v) is 3.27. The van der Waals surface area contributed by atoms with Gasteiger partial charge in [-0.1, -0.05) is 17.7 Å². The largest absolute Gasteiger partial charge is 0.352 e. The Labute approximate surface area is 149 Å².